The predicted octanol–water partition coefficient (Wildman–Crippen LogP) is 2.42. The third-order valence-electron chi connectivity index (χ3n) is 3.33. The van der Waals surface area contributed by atoms with Gasteiger partial charge in [0.2, 0.25) is 0 Å². The minimum absolute atomic E-state index is 0.120. The number of fused-ring (bicyclic) bond motifs is 1. The minimum Gasteiger partial charge on any atom is -0.326 e. The van der Waals surface area contributed by atoms with E-state index in [1.54, 1.807) is 15.5 Å². The van der Waals surface area contributed by atoms with Crippen molar-refractivity contribution < 1.29 is 8.78 Å². The topological polar surface area (TPSA) is 48.5 Å². The number of imidazole rings is 1. The monoisotopic (exact) mass is 311 g/mol. The molecule has 1 aromatic carbocycles. The molecule has 3 aromatic rings. The quantitative estimate of drug-likeness (QED) is 0.695. The van der Waals surface area contributed by atoms with Crippen molar-refractivity contribution in [2.45, 2.75) is 18.8 Å². The maximum Gasteiger partial charge on any atom is 0.153 e. The van der Waals surface area contributed by atoms with E-state index in [2.05, 4.69) is 15.2 Å². The molecular formula is C13H12ClF2N5. The largest absolute Gasteiger partial charge is 0.326 e. The van der Waals surface area contributed by atoms with Crippen LogP contribution in [0.5, 0.6) is 0 Å². The number of benzene rings is 1. The lowest BCUT2D eigenvalue weighted by Gasteiger charge is -2.07. The third-order valence-corrected chi connectivity index (χ3v) is 3.57. The Kier molecular flexibility index (Phi) is 3.59. The molecule has 0 saturated heterocycles. The molecule has 0 spiro atoms. The summed E-state index contributed by atoms with van der Waals surface area (Å²) in [5.74, 6) is 0.0662. The Bertz CT molecular complexity index is 795. The van der Waals surface area contributed by atoms with Gasteiger partial charge in [0.1, 0.15) is 29.3 Å². The Balaban J connectivity index is 2.02. The first-order valence-corrected chi connectivity index (χ1v) is 6.86. The second-order valence-electron chi connectivity index (χ2n) is 4.68. The molecule has 110 valence electrons. The molecule has 0 aliphatic carbocycles. The molecule has 0 N–H and O–H groups in total. The van der Waals surface area contributed by atoms with E-state index in [1.807, 2.05) is 7.05 Å². The molecule has 0 aliphatic heterocycles. The summed E-state index contributed by atoms with van der Waals surface area (Å²) < 4.78 is 30.7. The first kappa shape index (κ1) is 13.9. The van der Waals surface area contributed by atoms with Gasteiger partial charge in [-0.25, -0.2) is 13.8 Å². The van der Waals surface area contributed by atoms with Crippen LogP contribution in [0.2, 0.25) is 0 Å². The van der Waals surface area contributed by atoms with Crippen molar-refractivity contribution >= 4 is 22.6 Å². The van der Waals surface area contributed by atoms with Gasteiger partial charge in [0.25, 0.3) is 0 Å². The standard InChI is InChI=1S/C13H12ClF2N5/c1-20-7-17-19-11(20)2-3-21-10-5-8(15)4-9(16)13(10)18-12(21)6-14/h4-5,7H,2-3,6H2,1H3. The summed E-state index contributed by atoms with van der Waals surface area (Å²) in [6.45, 7) is 0.466. The van der Waals surface area contributed by atoms with Crippen LogP contribution in [0.3, 0.4) is 0 Å². The number of alkyl halides is 1. The molecule has 21 heavy (non-hydrogen) atoms. The summed E-state index contributed by atoms with van der Waals surface area (Å²) in [7, 11) is 1.84. The summed E-state index contributed by atoms with van der Waals surface area (Å²) in [4.78, 5) is 4.14. The molecule has 2 aromatic heterocycles. The van der Waals surface area contributed by atoms with Crippen molar-refractivity contribution in [3.63, 3.8) is 0 Å². The van der Waals surface area contributed by atoms with Gasteiger partial charge in [-0.3, -0.25) is 0 Å². The number of aryl methyl sites for hydroxylation is 3. The average molecular weight is 312 g/mol. The number of rotatable bonds is 4. The van der Waals surface area contributed by atoms with Gasteiger partial charge in [0, 0.05) is 26.1 Å². The molecule has 0 fully saturated rings. The van der Waals surface area contributed by atoms with E-state index >= 15 is 0 Å². The van der Waals surface area contributed by atoms with Gasteiger partial charge < -0.3 is 9.13 Å². The van der Waals surface area contributed by atoms with Crippen molar-refractivity contribution in [3.05, 3.63) is 41.7 Å². The van der Waals surface area contributed by atoms with E-state index in [-0.39, 0.29) is 11.4 Å². The predicted molar refractivity (Wildman–Crippen MR) is 73.9 cm³/mol. The summed E-state index contributed by atoms with van der Waals surface area (Å²) in [5, 5.41) is 7.78. The average Bonchev–Trinajstić information content (AvgIpc) is 3.00. The molecule has 0 atom stereocenters. The van der Waals surface area contributed by atoms with Gasteiger partial charge in [-0.05, 0) is 6.07 Å². The molecule has 2 heterocycles. The fourth-order valence-electron chi connectivity index (χ4n) is 2.29. The number of aromatic nitrogens is 5. The van der Waals surface area contributed by atoms with Gasteiger partial charge in [-0.1, -0.05) is 0 Å². The minimum atomic E-state index is -0.686. The molecule has 0 unspecified atom stereocenters. The van der Waals surface area contributed by atoms with Crippen molar-refractivity contribution in [1.29, 1.82) is 0 Å². The lowest BCUT2D eigenvalue weighted by molar-refractivity contribution is 0.589. The second-order valence-corrected chi connectivity index (χ2v) is 4.94. The van der Waals surface area contributed by atoms with Crippen LogP contribution >= 0.6 is 11.6 Å². The molecule has 0 aliphatic rings. The number of halogens is 3. The Morgan fingerprint density at radius 1 is 1.24 bits per heavy atom. The van der Waals surface area contributed by atoms with Crippen molar-refractivity contribution in [3.8, 4) is 0 Å². The number of hydrogen-bond acceptors (Lipinski definition) is 3. The van der Waals surface area contributed by atoms with Gasteiger partial charge in [-0.2, -0.15) is 0 Å². The molecule has 3 rings (SSSR count). The fraction of sp³-hybridized carbons (Fsp3) is 0.308. The molecule has 8 heteroatoms. The van der Waals surface area contributed by atoms with E-state index in [4.69, 9.17) is 11.6 Å². The van der Waals surface area contributed by atoms with Gasteiger partial charge in [-0.15, -0.1) is 21.8 Å². The first-order valence-electron chi connectivity index (χ1n) is 6.33. The van der Waals surface area contributed by atoms with E-state index in [0.29, 0.717) is 24.3 Å². The lowest BCUT2D eigenvalue weighted by atomic mass is 10.3. The van der Waals surface area contributed by atoms with Gasteiger partial charge in [0.15, 0.2) is 5.82 Å². The highest BCUT2D eigenvalue weighted by molar-refractivity contribution is 6.16. The second kappa shape index (κ2) is 5.40. The van der Waals surface area contributed by atoms with Crippen LogP contribution in [0.1, 0.15) is 11.6 Å². The molecule has 5 nitrogen and oxygen atoms in total. The maximum absolute atomic E-state index is 13.8. The SMILES string of the molecule is Cn1cnnc1CCn1c(CCl)nc2c(F)cc(F)cc21. The zero-order chi connectivity index (χ0) is 15.0. The maximum atomic E-state index is 13.8. The van der Waals surface area contributed by atoms with E-state index in [9.17, 15) is 8.78 Å². The summed E-state index contributed by atoms with van der Waals surface area (Å²) >= 11 is 5.85. The van der Waals surface area contributed by atoms with Crippen LogP contribution in [0.4, 0.5) is 8.78 Å². The highest BCUT2D eigenvalue weighted by Crippen LogP contribution is 2.22. The molecular weight excluding hydrogens is 300 g/mol. The Morgan fingerprint density at radius 2 is 2.05 bits per heavy atom. The lowest BCUT2D eigenvalue weighted by Crippen LogP contribution is -2.08. The number of nitrogens with zero attached hydrogens (tertiary/aromatic N) is 5. The van der Waals surface area contributed by atoms with Gasteiger partial charge in [0.05, 0.1) is 11.4 Å². The zero-order valence-electron chi connectivity index (χ0n) is 11.2. The van der Waals surface area contributed by atoms with Crippen molar-refractivity contribution in [1.82, 2.24) is 24.3 Å². The first-order chi connectivity index (χ1) is 10.1. The Hall–Kier alpha value is -2.02. The Morgan fingerprint density at radius 3 is 2.71 bits per heavy atom. The Labute approximate surface area is 124 Å². The zero-order valence-corrected chi connectivity index (χ0v) is 12.0. The molecule has 0 bridgehead atoms. The van der Waals surface area contributed by atoms with Crippen molar-refractivity contribution in [2.75, 3.05) is 0 Å². The van der Waals surface area contributed by atoms with E-state index in [0.717, 1.165) is 11.9 Å². The van der Waals surface area contributed by atoms with E-state index < -0.39 is 11.6 Å². The summed E-state index contributed by atoms with van der Waals surface area (Å²) in [6, 6.07) is 2.08. The smallest absolute Gasteiger partial charge is 0.153 e. The molecule has 0 amide bonds. The van der Waals surface area contributed by atoms with Gasteiger partial charge >= 0.3 is 0 Å². The van der Waals surface area contributed by atoms with E-state index in [1.165, 1.54) is 6.07 Å². The van der Waals surface area contributed by atoms with Crippen LogP contribution < -0.4 is 0 Å². The molecule has 0 saturated carbocycles. The van der Waals surface area contributed by atoms with Crippen LogP contribution in [0.15, 0.2) is 18.5 Å². The highest BCUT2D eigenvalue weighted by Gasteiger charge is 2.15. The number of hydrogen-bond donors (Lipinski definition) is 0. The van der Waals surface area contributed by atoms with Crippen molar-refractivity contribution in [2.24, 2.45) is 7.05 Å². The van der Waals surface area contributed by atoms with Crippen LogP contribution in [0, 0.1) is 11.6 Å². The van der Waals surface area contributed by atoms with Crippen LogP contribution in [-0.2, 0) is 25.9 Å². The normalized spacial score (nSPS) is 11.4. The highest BCUT2D eigenvalue weighted by atomic mass is 35.5. The molecule has 0 radical (unpaired) electrons. The summed E-state index contributed by atoms with van der Waals surface area (Å²) in [6.07, 6.45) is 2.16. The third kappa shape index (κ3) is 2.49. The van der Waals surface area contributed by atoms with Crippen LogP contribution in [0.25, 0.3) is 11.0 Å². The summed E-state index contributed by atoms with van der Waals surface area (Å²) in [5.41, 5.74) is 0.523. The van der Waals surface area contributed by atoms with Crippen LogP contribution in [-0.4, -0.2) is 24.3 Å². The fourth-order valence-corrected chi connectivity index (χ4v) is 2.50.